The number of ketones is 1. The predicted molar refractivity (Wildman–Crippen MR) is 122 cm³/mol. The van der Waals surface area contributed by atoms with Gasteiger partial charge in [-0.1, -0.05) is 54.9 Å². The second kappa shape index (κ2) is 9.19. The molecule has 170 valence electrons. The number of halogens is 1. The average molecular weight is 467 g/mol. The van der Waals surface area contributed by atoms with Crippen LogP contribution in [0.25, 0.3) is 0 Å². The maximum Gasteiger partial charge on any atom is 0.274 e. The van der Waals surface area contributed by atoms with E-state index in [-0.39, 0.29) is 22.1 Å². The Kier molecular flexibility index (Phi) is 6.33. The van der Waals surface area contributed by atoms with Crippen molar-refractivity contribution < 1.29 is 23.9 Å². The lowest BCUT2D eigenvalue weighted by Crippen LogP contribution is -2.52. The molecule has 33 heavy (non-hydrogen) atoms. The minimum Gasteiger partial charge on any atom is -0.497 e. The van der Waals surface area contributed by atoms with Crippen LogP contribution in [0.5, 0.6) is 5.75 Å². The van der Waals surface area contributed by atoms with Gasteiger partial charge in [0.15, 0.2) is 5.78 Å². The van der Waals surface area contributed by atoms with Gasteiger partial charge in [-0.3, -0.25) is 19.2 Å². The Morgan fingerprint density at radius 3 is 2.58 bits per heavy atom. The Bertz CT molecular complexity index is 1160. The Hall–Kier alpha value is -3.45. The molecule has 2 aromatic carbocycles. The summed E-state index contributed by atoms with van der Waals surface area (Å²) in [5.74, 6) is -2.93. The third kappa shape index (κ3) is 4.16. The molecule has 0 bridgehead atoms. The van der Waals surface area contributed by atoms with Crippen LogP contribution in [0.15, 0.2) is 60.7 Å². The quantitative estimate of drug-likeness (QED) is 0.367. The zero-order chi connectivity index (χ0) is 23.7. The van der Waals surface area contributed by atoms with Crippen molar-refractivity contribution in [2.75, 3.05) is 13.7 Å². The van der Waals surface area contributed by atoms with E-state index in [1.165, 1.54) is 19.2 Å². The van der Waals surface area contributed by atoms with Crippen molar-refractivity contribution in [1.29, 1.82) is 0 Å². The van der Waals surface area contributed by atoms with E-state index in [1.807, 2.05) is 19.1 Å². The minimum atomic E-state index is -0.696. The molecule has 1 aliphatic carbocycles. The molecule has 1 saturated heterocycles. The summed E-state index contributed by atoms with van der Waals surface area (Å²) in [7, 11) is 1.48. The third-order valence-corrected chi connectivity index (χ3v) is 6.44. The molecule has 0 unspecified atom stereocenters. The van der Waals surface area contributed by atoms with Crippen LogP contribution < -0.4 is 4.74 Å². The van der Waals surface area contributed by atoms with Crippen LogP contribution in [-0.2, 0) is 9.59 Å². The van der Waals surface area contributed by atoms with Gasteiger partial charge in [-0.15, -0.1) is 0 Å². The van der Waals surface area contributed by atoms with Gasteiger partial charge >= 0.3 is 0 Å². The second-order valence-corrected chi connectivity index (χ2v) is 8.55. The largest absolute Gasteiger partial charge is 0.497 e. The summed E-state index contributed by atoms with van der Waals surface area (Å²) >= 11 is 6.23. The molecular formula is C25H23ClN2O5. The lowest BCUT2D eigenvalue weighted by atomic mass is 9.78. The van der Waals surface area contributed by atoms with E-state index in [2.05, 4.69) is 0 Å². The van der Waals surface area contributed by atoms with Gasteiger partial charge in [0.05, 0.1) is 29.5 Å². The number of carbonyl (C=O) groups excluding carboxylic acids is 4. The van der Waals surface area contributed by atoms with Gasteiger partial charge in [-0.05, 0) is 36.6 Å². The van der Waals surface area contributed by atoms with Crippen LogP contribution in [0.4, 0.5) is 0 Å². The maximum absolute atomic E-state index is 13.5. The smallest absolute Gasteiger partial charge is 0.274 e. The number of allylic oxidation sites excluding steroid dienone is 2. The fraction of sp³-hybridized carbons (Fsp3) is 0.280. The Morgan fingerprint density at radius 2 is 1.88 bits per heavy atom. The Morgan fingerprint density at radius 1 is 1.12 bits per heavy atom. The van der Waals surface area contributed by atoms with E-state index in [1.54, 1.807) is 36.4 Å². The molecule has 1 aliphatic heterocycles. The molecule has 0 aromatic heterocycles. The Labute approximate surface area is 196 Å². The number of Topliss-reactive ketones (excluding diaryl/α,β-unsaturated/α-hetero) is 1. The fourth-order valence-electron chi connectivity index (χ4n) is 4.40. The first-order valence-corrected chi connectivity index (χ1v) is 11.0. The molecule has 2 aromatic rings. The van der Waals surface area contributed by atoms with Crippen molar-refractivity contribution in [2.45, 2.75) is 13.3 Å². The van der Waals surface area contributed by atoms with Gasteiger partial charge in [0.1, 0.15) is 12.3 Å². The summed E-state index contributed by atoms with van der Waals surface area (Å²) in [6, 6.07) is 12.8. The molecule has 8 heteroatoms. The average Bonchev–Trinajstić information content (AvgIpc) is 3.08. The van der Waals surface area contributed by atoms with Crippen molar-refractivity contribution in [1.82, 2.24) is 10.0 Å². The number of imide groups is 1. The summed E-state index contributed by atoms with van der Waals surface area (Å²) < 4.78 is 5.18. The molecule has 0 spiro atoms. The van der Waals surface area contributed by atoms with Crippen LogP contribution in [0.1, 0.15) is 34.1 Å². The molecule has 1 fully saturated rings. The standard InChI is InChI=1S/C25H23ClN2O5/c1-15-7-5-11-19-22(15)25(32)28(24(19)31)27(23(30)18-10-3-4-12-20(18)26)14-21(29)16-8-6-9-17(13-16)33-2/h3-10,12-13,15,19,22H,11,14H2,1-2H3/t15-,19+,22+/m0/s1. The van der Waals surface area contributed by atoms with Crippen LogP contribution in [0.2, 0.25) is 5.02 Å². The highest BCUT2D eigenvalue weighted by atomic mass is 35.5. The molecule has 2 aliphatic rings. The summed E-state index contributed by atoms with van der Waals surface area (Å²) in [5.41, 5.74) is 0.386. The van der Waals surface area contributed by atoms with Crippen LogP contribution in [0, 0.1) is 17.8 Å². The summed E-state index contributed by atoms with van der Waals surface area (Å²) in [6.07, 6.45) is 4.19. The topological polar surface area (TPSA) is 84.0 Å². The molecule has 0 saturated carbocycles. The first-order valence-electron chi connectivity index (χ1n) is 10.6. The van der Waals surface area contributed by atoms with Crippen LogP contribution >= 0.6 is 11.6 Å². The molecule has 0 N–H and O–H groups in total. The number of rotatable bonds is 6. The number of hydrogen-bond acceptors (Lipinski definition) is 5. The Balaban J connectivity index is 1.72. The summed E-state index contributed by atoms with van der Waals surface area (Å²) in [4.78, 5) is 53.3. The number of amides is 3. The number of hydrazine groups is 1. The highest BCUT2D eigenvalue weighted by Gasteiger charge is 2.53. The van der Waals surface area contributed by atoms with E-state index in [9.17, 15) is 19.2 Å². The molecule has 0 radical (unpaired) electrons. The first kappa shape index (κ1) is 22.7. The zero-order valence-electron chi connectivity index (χ0n) is 18.2. The van der Waals surface area contributed by atoms with Crippen LogP contribution in [-0.4, -0.2) is 47.2 Å². The van der Waals surface area contributed by atoms with Gasteiger partial charge in [0.25, 0.3) is 17.7 Å². The van der Waals surface area contributed by atoms with E-state index >= 15 is 0 Å². The lowest BCUT2D eigenvalue weighted by Gasteiger charge is -2.30. The number of ether oxygens (including phenoxy) is 1. The highest BCUT2D eigenvalue weighted by molar-refractivity contribution is 6.34. The number of methoxy groups -OCH3 is 1. The highest BCUT2D eigenvalue weighted by Crippen LogP contribution is 2.39. The third-order valence-electron chi connectivity index (χ3n) is 6.11. The van der Waals surface area contributed by atoms with Crippen molar-refractivity contribution in [3.63, 3.8) is 0 Å². The van der Waals surface area contributed by atoms with Crippen molar-refractivity contribution >= 4 is 35.1 Å². The summed E-state index contributed by atoms with van der Waals surface area (Å²) in [6.45, 7) is 1.36. The van der Waals surface area contributed by atoms with E-state index in [4.69, 9.17) is 16.3 Å². The van der Waals surface area contributed by atoms with Crippen molar-refractivity contribution in [3.8, 4) is 5.75 Å². The summed E-state index contributed by atoms with van der Waals surface area (Å²) in [5, 5.41) is 1.94. The predicted octanol–water partition coefficient (Wildman–Crippen LogP) is 3.79. The molecular weight excluding hydrogens is 444 g/mol. The zero-order valence-corrected chi connectivity index (χ0v) is 19.0. The van der Waals surface area contributed by atoms with Crippen LogP contribution in [0.3, 0.4) is 0 Å². The van der Waals surface area contributed by atoms with Gasteiger partial charge in [-0.2, -0.15) is 5.01 Å². The van der Waals surface area contributed by atoms with Gasteiger partial charge in [0.2, 0.25) is 0 Å². The molecule has 1 heterocycles. The number of nitrogens with zero attached hydrogens (tertiary/aromatic N) is 2. The number of hydrogen-bond donors (Lipinski definition) is 0. The van der Waals surface area contributed by atoms with Crippen molar-refractivity contribution in [3.05, 3.63) is 76.8 Å². The molecule has 4 rings (SSSR count). The van der Waals surface area contributed by atoms with E-state index in [0.717, 1.165) is 10.0 Å². The molecule has 7 nitrogen and oxygen atoms in total. The number of benzene rings is 2. The lowest BCUT2D eigenvalue weighted by molar-refractivity contribution is -0.154. The van der Waals surface area contributed by atoms with E-state index < -0.39 is 41.9 Å². The van der Waals surface area contributed by atoms with Gasteiger partial charge in [-0.25, -0.2) is 5.01 Å². The molecule has 3 atom stereocenters. The van der Waals surface area contributed by atoms with Gasteiger partial charge in [0, 0.05) is 5.56 Å². The van der Waals surface area contributed by atoms with Crippen molar-refractivity contribution in [2.24, 2.45) is 17.8 Å². The second-order valence-electron chi connectivity index (χ2n) is 8.14. The number of fused-ring (bicyclic) bond motifs is 1. The normalized spacial score (nSPS) is 21.7. The minimum absolute atomic E-state index is 0.0965. The monoisotopic (exact) mass is 466 g/mol. The first-order chi connectivity index (χ1) is 15.8. The number of carbonyl (C=O) groups is 4. The SMILES string of the molecule is COc1cccc(C(=O)CN(C(=O)c2ccccc2Cl)N2C(=O)[C@@H]3[C@@H](C)C=CC[C@H]3C2=O)c1. The van der Waals surface area contributed by atoms with Gasteiger partial charge < -0.3 is 4.74 Å². The molecule has 3 amide bonds. The fourth-order valence-corrected chi connectivity index (χ4v) is 4.62. The maximum atomic E-state index is 13.5. The van der Waals surface area contributed by atoms with E-state index in [0.29, 0.717) is 12.2 Å².